The molecule has 7 heteroatoms. The molecular weight excluding hydrogens is 641 g/mol. The van der Waals surface area contributed by atoms with Crippen LogP contribution in [0.2, 0.25) is 6.04 Å². The van der Waals surface area contributed by atoms with Crippen molar-refractivity contribution in [2.75, 3.05) is 20.8 Å². The smallest absolute Gasteiger partial charge is 0.331 e. The van der Waals surface area contributed by atoms with E-state index in [2.05, 4.69) is 80.2 Å². The quantitative estimate of drug-likeness (QED) is 0.0507. The van der Waals surface area contributed by atoms with Crippen LogP contribution in [0.15, 0.2) is 85.5 Å². The lowest BCUT2D eigenvalue weighted by Gasteiger charge is -2.28. The third kappa shape index (κ3) is 12.8. The molecule has 1 fully saturated rings. The van der Waals surface area contributed by atoms with E-state index in [0.717, 1.165) is 68.5 Å². The second-order valence-corrected chi connectivity index (χ2v) is 15.7. The van der Waals surface area contributed by atoms with Crippen LogP contribution in [0.3, 0.4) is 0 Å². The Hall–Kier alpha value is -3.78. The molecule has 0 unspecified atom stereocenters. The molecule has 1 saturated carbocycles. The summed E-state index contributed by atoms with van der Waals surface area (Å²) in [6, 6.07) is 25.1. The number of unbranched alkanes of at least 4 members (excludes halogenated alkanes) is 3. The van der Waals surface area contributed by atoms with Crippen LogP contribution in [0.4, 0.5) is 0 Å². The molecule has 0 atom stereocenters. The molecule has 50 heavy (non-hydrogen) atoms. The minimum atomic E-state index is -1.56. The fourth-order valence-electron chi connectivity index (χ4n) is 6.76. The molecule has 3 aromatic rings. The second-order valence-electron chi connectivity index (χ2n) is 13.3. The van der Waals surface area contributed by atoms with Crippen molar-refractivity contribution in [3.63, 3.8) is 0 Å². The summed E-state index contributed by atoms with van der Waals surface area (Å²) in [6.45, 7) is 6.01. The van der Waals surface area contributed by atoms with Gasteiger partial charge in [-0.25, -0.2) is 9.59 Å². The van der Waals surface area contributed by atoms with E-state index in [1.807, 2.05) is 6.08 Å². The van der Waals surface area contributed by atoms with E-state index in [1.54, 1.807) is 20.3 Å². The van der Waals surface area contributed by atoms with E-state index in [0.29, 0.717) is 18.9 Å². The maximum atomic E-state index is 12.9. The first-order valence-electron chi connectivity index (χ1n) is 18.5. The van der Waals surface area contributed by atoms with E-state index in [9.17, 15) is 9.59 Å². The zero-order valence-electron chi connectivity index (χ0n) is 30.4. The van der Waals surface area contributed by atoms with E-state index in [4.69, 9.17) is 18.3 Å². The van der Waals surface area contributed by atoms with Gasteiger partial charge in [-0.15, -0.1) is 0 Å². The Kier molecular flexibility index (Phi) is 16.7. The van der Waals surface area contributed by atoms with Crippen molar-refractivity contribution in [3.05, 3.63) is 113 Å². The van der Waals surface area contributed by atoms with Crippen LogP contribution in [0.1, 0.15) is 98.4 Å². The van der Waals surface area contributed by atoms with Gasteiger partial charge in [0, 0.05) is 32.8 Å². The monoisotopic (exact) mass is 696 g/mol. The molecule has 3 aromatic carbocycles. The van der Waals surface area contributed by atoms with Crippen LogP contribution >= 0.6 is 0 Å². The highest BCUT2D eigenvalue weighted by molar-refractivity contribution is 6.44. The van der Waals surface area contributed by atoms with Crippen LogP contribution in [0.5, 0.6) is 0 Å². The van der Waals surface area contributed by atoms with Crippen LogP contribution in [0, 0.1) is 0 Å². The van der Waals surface area contributed by atoms with Gasteiger partial charge in [0.2, 0.25) is 0 Å². The maximum absolute atomic E-state index is 12.9. The third-order valence-electron chi connectivity index (χ3n) is 9.75. The minimum absolute atomic E-state index is 0.0586. The largest absolute Gasteiger partial charge is 0.462 e. The number of carbonyl (C=O) groups excluding carboxylic acids is 2. The Labute approximate surface area is 301 Å². The number of ether oxygens (including phenoxy) is 2. The number of benzene rings is 3. The molecule has 1 aliphatic rings. The van der Waals surface area contributed by atoms with Gasteiger partial charge in [0.1, 0.15) is 6.10 Å². The standard InChI is InChI=1S/C43H56O6Si/c1-5-7-8-11-33-15-21-38(22-16-33)41-27-17-35(32-39(41)12-9-10-31-50(46-3)47-4)18-28-43(45)49-40-25-23-37(24-26-40)36-19-13-34(14-20-36)29-30-48-42(44)6-2/h6,13-22,27-28,32,37,40,50H,2,5,7-12,23-26,29-31H2,1,3-4H3/b28-18+. The highest BCUT2D eigenvalue weighted by Crippen LogP contribution is 2.34. The summed E-state index contributed by atoms with van der Waals surface area (Å²) in [5.74, 6) is -0.218. The van der Waals surface area contributed by atoms with Crippen molar-refractivity contribution in [2.24, 2.45) is 0 Å². The molecule has 0 N–H and O–H groups in total. The molecule has 0 radical (unpaired) electrons. The number of hydrogen-bond donors (Lipinski definition) is 0. The average Bonchev–Trinajstić information content (AvgIpc) is 3.15. The van der Waals surface area contributed by atoms with Crippen molar-refractivity contribution in [1.29, 1.82) is 0 Å². The van der Waals surface area contributed by atoms with Gasteiger partial charge in [0.25, 0.3) is 0 Å². The van der Waals surface area contributed by atoms with Crippen molar-refractivity contribution in [1.82, 2.24) is 0 Å². The fourth-order valence-corrected chi connectivity index (χ4v) is 8.05. The predicted molar refractivity (Wildman–Crippen MR) is 205 cm³/mol. The predicted octanol–water partition coefficient (Wildman–Crippen LogP) is 9.48. The summed E-state index contributed by atoms with van der Waals surface area (Å²) in [5, 5.41) is 0. The van der Waals surface area contributed by atoms with Gasteiger partial charge in [-0.3, -0.25) is 0 Å². The fraction of sp³-hybridized carbons (Fsp3) is 0.442. The first kappa shape index (κ1) is 39.0. The van der Waals surface area contributed by atoms with Crippen molar-refractivity contribution in [3.8, 4) is 11.1 Å². The van der Waals surface area contributed by atoms with E-state index >= 15 is 0 Å². The molecule has 268 valence electrons. The normalized spacial score (nSPS) is 16.1. The SMILES string of the molecule is C=CC(=O)OCCc1ccc(C2CCC(OC(=O)/C=C/c3ccc(-c4ccc(CCCCC)cc4)c(CCCC[SiH](OC)OC)c3)CC2)cc1. The van der Waals surface area contributed by atoms with Gasteiger partial charge >= 0.3 is 21.2 Å². The maximum Gasteiger partial charge on any atom is 0.331 e. The number of aryl methyl sites for hydroxylation is 2. The zero-order valence-corrected chi connectivity index (χ0v) is 31.5. The van der Waals surface area contributed by atoms with Gasteiger partial charge in [0.15, 0.2) is 0 Å². The topological polar surface area (TPSA) is 71.1 Å². The molecule has 6 nitrogen and oxygen atoms in total. The van der Waals surface area contributed by atoms with Crippen molar-refractivity contribution in [2.45, 2.75) is 102 Å². The third-order valence-corrected chi connectivity index (χ3v) is 11.7. The number of rotatable bonds is 20. The minimum Gasteiger partial charge on any atom is -0.462 e. The molecular formula is C43H56O6Si. The lowest BCUT2D eigenvalue weighted by molar-refractivity contribution is -0.144. The highest BCUT2D eigenvalue weighted by Gasteiger charge is 2.24. The Morgan fingerprint density at radius 2 is 1.48 bits per heavy atom. The molecule has 0 bridgehead atoms. The van der Waals surface area contributed by atoms with Crippen LogP contribution in [-0.2, 0) is 47.2 Å². The highest BCUT2D eigenvalue weighted by atomic mass is 28.3. The Morgan fingerprint density at radius 1 is 0.800 bits per heavy atom. The molecule has 0 aliphatic heterocycles. The van der Waals surface area contributed by atoms with Gasteiger partial charge < -0.3 is 18.3 Å². The number of hydrogen-bond acceptors (Lipinski definition) is 6. The molecule has 4 rings (SSSR count). The van der Waals surface area contributed by atoms with Crippen LogP contribution in [-0.4, -0.2) is 48.2 Å². The molecule has 0 saturated heterocycles. The first-order chi connectivity index (χ1) is 24.4. The van der Waals surface area contributed by atoms with Gasteiger partial charge in [-0.05, 0) is 108 Å². The van der Waals surface area contributed by atoms with E-state index < -0.39 is 15.3 Å². The summed E-state index contributed by atoms with van der Waals surface area (Å²) in [7, 11) is 1.92. The molecule has 0 spiro atoms. The number of esters is 2. The molecule has 0 amide bonds. The summed E-state index contributed by atoms with van der Waals surface area (Å²) in [4.78, 5) is 24.1. The second kappa shape index (κ2) is 21.4. The lowest BCUT2D eigenvalue weighted by Crippen LogP contribution is -2.23. The van der Waals surface area contributed by atoms with Crippen LogP contribution in [0.25, 0.3) is 17.2 Å². The molecule has 0 heterocycles. The van der Waals surface area contributed by atoms with E-state index in [1.165, 1.54) is 53.2 Å². The lowest BCUT2D eigenvalue weighted by atomic mass is 9.82. The first-order valence-corrected chi connectivity index (χ1v) is 20.2. The molecule has 1 aliphatic carbocycles. The van der Waals surface area contributed by atoms with Gasteiger partial charge in [-0.2, -0.15) is 0 Å². The molecule has 0 aromatic heterocycles. The average molecular weight is 697 g/mol. The van der Waals surface area contributed by atoms with Crippen molar-refractivity contribution < 1.29 is 27.9 Å². The van der Waals surface area contributed by atoms with Gasteiger partial charge in [-0.1, -0.05) is 99.5 Å². The summed E-state index contributed by atoms with van der Waals surface area (Å²) in [5.41, 5.74) is 8.60. The van der Waals surface area contributed by atoms with Crippen LogP contribution < -0.4 is 0 Å². The Morgan fingerprint density at radius 3 is 2.16 bits per heavy atom. The number of carbonyl (C=O) groups is 2. The van der Waals surface area contributed by atoms with Crippen molar-refractivity contribution >= 4 is 27.3 Å². The Balaban J connectivity index is 1.32. The zero-order chi connectivity index (χ0) is 35.6. The summed E-state index contributed by atoms with van der Waals surface area (Å²) < 4.78 is 22.0. The van der Waals surface area contributed by atoms with Gasteiger partial charge in [0.05, 0.1) is 6.61 Å². The summed E-state index contributed by atoms with van der Waals surface area (Å²) >= 11 is 0. The van der Waals surface area contributed by atoms with E-state index in [-0.39, 0.29) is 12.1 Å². The Bertz CT molecular complexity index is 1500. The summed E-state index contributed by atoms with van der Waals surface area (Å²) in [6.07, 6.45) is 16.9.